The van der Waals surface area contributed by atoms with E-state index in [0.29, 0.717) is 21.7 Å². The lowest BCUT2D eigenvalue weighted by Crippen LogP contribution is -2.50. The number of hydrogen-bond donors (Lipinski definition) is 0. The van der Waals surface area contributed by atoms with Gasteiger partial charge in [0.2, 0.25) is 0 Å². The van der Waals surface area contributed by atoms with Gasteiger partial charge in [-0.2, -0.15) is 0 Å². The summed E-state index contributed by atoms with van der Waals surface area (Å²) in [6, 6.07) is 0. The van der Waals surface area contributed by atoms with Gasteiger partial charge in [0.1, 0.15) is 0 Å². The van der Waals surface area contributed by atoms with Gasteiger partial charge in [-0.15, -0.1) is 0 Å². The lowest BCUT2D eigenvalue weighted by molar-refractivity contribution is 0.0570. The van der Waals surface area contributed by atoms with Crippen molar-refractivity contribution >= 4 is 0 Å². The Morgan fingerprint density at radius 3 is 0.857 bits per heavy atom. The second-order valence-electron chi connectivity index (χ2n) is 19.6. The largest absolute Gasteiger partial charge is 0.381 e. The van der Waals surface area contributed by atoms with Crippen LogP contribution in [-0.2, 0) is 4.74 Å². The van der Waals surface area contributed by atoms with Gasteiger partial charge in [-0.3, -0.25) is 0 Å². The maximum atomic E-state index is 5.16. The molecular weight excluding hydrogens is 514 g/mol. The zero-order valence-electron chi connectivity index (χ0n) is 31.8. The molecule has 0 amide bonds. The summed E-state index contributed by atoms with van der Waals surface area (Å²) in [5, 5.41) is 0. The van der Waals surface area contributed by atoms with E-state index in [2.05, 4.69) is 119 Å². The third-order valence-electron chi connectivity index (χ3n) is 9.98. The van der Waals surface area contributed by atoms with Crippen molar-refractivity contribution in [3.8, 4) is 0 Å². The van der Waals surface area contributed by atoms with E-state index >= 15 is 0 Å². The Hall–Kier alpha value is -0.160. The van der Waals surface area contributed by atoms with Crippen LogP contribution >= 0.6 is 0 Å². The van der Waals surface area contributed by atoms with Crippen molar-refractivity contribution in [1.29, 1.82) is 0 Å². The second-order valence-corrected chi connectivity index (χ2v) is 19.6. The molecule has 0 N–H and O–H groups in total. The minimum atomic E-state index is 0.472. The van der Waals surface area contributed by atoms with Crippen LogP contribution in [0.4, 0.5) is 0 Å². The summed E-state index contributed by atoms with van der Waals surface area (Å²) in [7, 11) is 6.55. The number of rotatable bonds is 0. The monoisotopic (exact) mass is 594 g/mol. The van der Waals surface area contributed by atoms with E-state index in [-0.39, 0.29) is 0 Å². The molecule has 0 spiro atoms. The molecule has 0 aromatic rings. The molecule has 4 nitrogen and oxygen atoms in total. The Morgan fingerprint density at radius 1 is 0.381 bits per heavy atom. The molecule has 2 aliphatic carbocycles. The third-order valence-corrected chi connectivity index (χ3v) is 9.98. The molecule has 6 aliphatic rings. The van der Waals surface area contributed by atoms with E-state index in [1.54, 1.807) is 0 Å². The molecular formula is C38H79N3O. The van der Waals surface area contributed by atoms with Crippen LogP contribution in [0.1, 0.15) is 141 Å². The van der Waals surface area contributed by atoms with Gasteiger partial charge >= 0.3 is 0 Å². The molecule has 4 heteroatoms. The van der Waals surface area contributed by atoms with Gasteiger partial charge in [-0.1, -0.05) is 89.5 Å². The number of ether oxygens (including phenoxy) is 1. The summed E-state index contributed by atoms with van der Waals surface area (Å²) in [6.07, 6.45) is 12.6. The summed E-state index contributed by atoms with van der Waals surface area (Å²) >= 11 is 0. The Balaban J connectivity index is 0.000000254. The summed E-state index contributed by atoms with van der Waals surface area (Å²) in [4.78, 5) is 7.13. The molecule has 0 radical (unpaired) electrons. The molecule has 252 valence electrons. The molecule has 2 saturated carbocycles. The Kier molecular flexibility index (Phi) is 15.6. The number of nitrogens with zero attached hydrogens (tertiary/aromatic N) is 3. The van der Waals surface area contributed by atoms with E-state index in [9.17, 15) is 0 Å². The fourth-order valence-corrected chi connectivity index (χ4v) is 5.92. The fourth-order valence-electron chi connectivity index (χ4n) is 5.92. The van der Waals surface area contributed by atoms with E-state index in [1.165, 1.54) is 97.1 Å². The Bertz CT molecular complexity index is 713. The standard InChI is InChI=1S/C8H17N.C7H15N.C6H13N.C6H12O.C6H12.C5H10/c1-8(2)4-6-9(3)7-5-8;1-7(2)4-5-8(3)6-7;1-6(2)4-7(3)5-6;1-6(2)3-4-7-5-6;1-6(2)4-3-5-6;1-5(2)3-4-5/h4-7H2,1-3H3;4-6H2,1-3H3;4-5H2,1-3H3;3-5H2,1-2H3;3-5H2,1-2H3;3-4H2,1-2H3. The van der Waals surface area contributed by atoms with Gasteiger partial charge in [0.05, 0.1) is 6.61 Å². The van der Waals surface area contributed by atoms with Gasteiger partial charge in [-0.25, -0.2) is 0 Å². The van der Waals surface area contributed by atoms with E-state index in [4.69, 9.17) is 4.74 Å². The first-order valence-corrected chi connectivity index (χ1v) is 17.6. The molecule has 0 unspecified atom stereocenters. The Morgan fingerprint density at radius 2 is 0.738 bits per heavy atom. The van der Waals surface area contributed by atoms with Gasteiger partial charge in [0.25, 0.3) is 0 Å². The summed E-state index contributed by atoms with van der Waals surface area (Å²) in [6.45, 7) is 37.3. The summed E-state index contributed by atoms with van der Waals surface area (Å²) < 4.78 is 5.16. The van der Waals surface area contributed by atoms with Crippen LogP contribution in [0.2, 0.25) is 0 Å². The smallest absolute Gasteiger partial charge is 0.0517 e. The lowest BCUT2D eigenvalue weighted by Gasteiger charge is -2.43. The van der Waals surface area contributed by atoms with Crippen LogP contribution in [0.5, 0.6) is 0 Å². The average Bonchev–Trinajstić information content (AvgIpc) is 3.18. The highest BCUT2D eigenvalue weighted by Gasteiger charge is 2.31. The van der Waals surface area contributed by atoms with Crippen molar-refractivity contribution < 1.29 is 4.74 Å². The average molecular weight is 594 g/mol. The first-order chi connectivity index (χ1) is 18.9. The van der Waals surface area contributed by atoms with Crippen molar-refractivity contribution in [2.45, 2.75) is 141 Å². The zero-order valence-corrected chi connectivity index (χ0v) is 31.8. The number of hydrogen-bond acceptors (Lipinski definition) is 4. The van der Waals surface area contributed by atoms with Crippen molar-refractivity contribution in [3.05, 3.63) is 0 Å². The normalized spacial score (nSPS) is 28.9. The van der Waals surface area contributed by atoms with Crippen molar-refractivity contribution in [1.82, 2.24) is 14.7 Å². The van der Waals surface area contributed by atoms with Crippen molar-refractivity contribution in [2.75, 3.05) is 73.6 Å². The van der Waals surface area contributed by atoms with Gasteiger partial charge in [0.15, 0.2) is 0 Å². The Labute approximate surface area is 266 Å². The second kappa shape index (κ2) is 16.4. The van der Waals surface area contributed by atoms with Crippen LogP contribution in [-0.4, -0.2) is 88.3 Å². The first-order valence-electron chi connectivity index (χ1n) is 17.6. The quantitative estimate of drug-likeness (QED) is 0.278. The highest BCUT2D eigenvalue weighted by Crippen LogP contribution is 2.43. The molecule has 0 aromatic carbocycles. The van der Waals surface area contributed by atoms with Gasteiger partial charge in [-0.05, 0) is 125 Å². The molecule has 0 aromatic heterocycles. The predicted octanol–water partition coefficient (Wildman–Crippen LogP) is 9.48. The van der Waals surface area contributed by atoms with Crippen LogP contribution in [0, 0.1) is 32.5 Å². The van der Waals surface area contributed by atoms with Gasteiger partial charge in [0, 0.05) is 26.2 Å². The zero-order chi connectivity index (χ0) is 32.5. The molecule has 6 fully saturated rings. The molecule has 4 heterocycles. The lowest BCUT2D eigenvalue weighted by atomic mass is 9.72. The minimum absolute atomic E-state index is 0.472. The van der Waals surface area contributed by atoms with Crippen molar-refractivity contribution in [2.24, 2.45) is 32.5 Å². The number of likely N-dealkylation sites (tertiary alicyclic amines) is 3. The highest BCUT2D eigenvalue weighted by atomic mass is 16.5. The van der Waals surface area contributed by atoms with E-state index in [1.807, 2.05) is 0 Å². The first kappa shape index (κ1) is 39.9. The van der Waals surface area contributed by atoms with E-state index in [0.717, 1.165) is 24.0 Å². The summed E-state index contributed by atoms with van der Waals surface area (Å²) in [5.74, 6) is 0. The molecule has 0 bridgehead atoms. The van der Waals surface area contributed by atoms with Crippen LogP contribution in [0.15, 0.2) is 0 Å². The molecule has 0 atom stereocenters. The van der Waals surface area contributed by atoms with Crippen LogP contribution in [0.25, 0.3) is 0 Å². The number of piperidine rings is 1. The summed E-state index contributed by atoms with van der Waals surface area (Å²) in [5.41, 5.74) is 3.77. The van der Waals surface area contributed by atoms with E-state index < -0.39 is 0 Å². The molecule has 4 aliphatic heterocycles. The maximum absolute atomic E-state index is 5.16. The highest BCUT2D eigenvalue weighted by molar-refractivity contribution is 4.85. The molecule has 4 saturated heterocycles. The minimum Gasteiger partial charge on any atom is -0.381 e. The third kappa shape index (κ3) is 20.0. The SMILES string of the molecule is CC1(C)CC1.CC1(C)CCC1.CC1(C)CCOC1.CN1CC(C)(C)C1.CN1CCC(C)(C)C1.CN1CCC(C)(C)CC1. The molecule has 6 rings (SSSR count). The van der Waals surface area contributed by atoms with Crippen LogP contribution in [0.3, 0.4) is 0 Å². The topological polar surface area (TPSA) is 19.0 Å². The maximum Gasteiger partial charge on any atom is 0.0517 e. The molecule has 42 heavy (non-hydrogen) atoms. The predicted molar refractivity (Wildman–Crippen MR) is 188 cm³/mol. The van der Waals surface area contributed by atoms with Crippen molar-refractivity contribution in [3.63, 3.8) is 0 Å². The van der Waals surface area contributed by atoms with Gasteiger partial charge < -0.3 is 19.4 Å². The van der Waals surface area contributed by atoms with Crippen LogP contribution < -0.4 is 0 Å². The fraction of sp³-hybridized carbons (Fsp3) is 1.00.